The van der Waals surface area contributed by atoms with Gasteiger partial charge in [-0.15, -0.1) is 0 Å². The van der Waals surface area contributed by atoms with Crippen LogP contribution in [0.3, 0.4) is 0 Å². The van der Waals surface area contributed by atoms with Crippen LogP contribution in [-0.4, -0.2) is 70.0 Å². The molecule has 168 valence electrons. The summed E-state index contributed by atoms with van der Waals surface area (Å²) in [4.78, 5) is 12.9. The number of benzene rings is 1. The van der Waals surface area contributed by atoms with Crippen LogP contribution in [0.2, 0.25) is 0 Å². The van der Waals surface area contributed by atoms with E-state index in [4.69, 9.17) is 9.84 Å². The number of hydrogen-bond acceptors (Lipinski definition) is 6. The number of nitrogens with zero attached hydrogens (tertiary/aromatic N) is 1. The van der Waals surface area contributed by atoms with Gasteiger partial charge in [0.15, 0.2) is 9.84 Å². The SMILES string of the molecule is CC1(C)C[C@@H]2CNC[C@H]1N(c1ccc(OCCCS(=O)(=O)CCNC(=O)O)cc1)C2. The molecule has 3 aliphatic rings. The van der Waals surface area contributed by atoms with E-state index >= 15 is 0 Å². The lowest BCUT2D eigenvalue weighted by molar-refractivity contribution is 0.192. The summed E-state index contributed by atoms with van der Waals surface area (Å²) in [5.41, 5.74) is 1.47. The molecule has 0 aromatic heterocycles. The molecule has 3 heterocycles. The van der Waals surface area contributed by atoms with Gasteiger partial charge in [0.1, 0.15) is 5.75 Å². The minimum atomic E-state index is -3.29. The zero-order valence-corrected chi connectivity index (χ0v) is 18.6. The predicted octanol–water partition coefficient (Wildman–Crippen LogP) is 1.96. The zero-order chi connectivity index (χ0) is 21.8. The summed E-state index contributed by atoms with van der Waals surface area (Å²) in [6.45, 7) is 8.06. The van der Waals surface area contributed by atoms with Crippen molar-refractivity contribution in [2.45, 2.75) is 32.7 Å². The van der Waals surface area contributed by atoms with Crippen molar-refractivity contribution in [3.63, 3.8) is 0 Å². The molecule has 9 heteroatoms. The van der Waals surface area contributed by atoms with Crippen LogP contribution in [0.1, 0.15) is 26.7 Å². The summed E-state index contributed by atoms with van der Waals surface area (Å²) in [5.74, 6) is 1.16. The van der Waals surface area contributed by atoms with Gasteiger partial charge in [0, 0.05) is 31.4 Å². The van der Waals surface area contributed by atoms with E-state index in [1.807, 2.05) is 12.1 Å². The molecule has 3 N–H and O–H groups in total. The maximum atomic E-state index is 11.9. The summed E-state index contributed by atoms with van der Waals surface area (Å²) in [6, 6.07) is 8.52. The Kier molecular flexibility index (Phi) is 7.13. The lowest BCUT2D eigenvalue weighted by Crippen LogP contribution is -2.53. The molecule has 3 saturated heterocycles. The molecule has 30 heavy (non-hydrogen) atoms. The third-order valence-corrected chi connectivity index (χ3v) is 7.78. The first-order valence-electron chi connectivity index (χ1n) is 10.5. The largest absolute Gasteiger partial charge is 0.494 e. The molecule has 3 fully saturated rings. The molecule has 0 unspecified atom stereocenters. The fourth-order valence-electron chi connectivity index (χ4n) is 4.62. The van der Waals surface area contributed by atoms with Gasteiger partial charge in [0.2, 0.25) is 0 Å². The molecule has 1 amide bonds. The van der Waals surface area contributed by atoms with Gasteiger partial charge in [0.25, 0.3) is 0 Å². The lowest BCUT2D eigenvalue weighted by Gasteiger charge is -2.48. The van der Waals surface area contributed by atoms with Gasteiger partial charge in [-0.3, -0.25) is 0 Å². The van der Waals surface area contributed by atoms with Crippen LogP contribution < -0.4 is 20.3 Å². The summed E-state index contributed by atoms with van der Waals surface area (Å²) in [7, 11) is -3.29. The number of carbonyl (C=O) groups is 1. The van der Waals surface area contributed by atoms with Crippen LogP contribution in [0.15, 0.2) is 24.3 Å². The van der Waals surface area contributed by atoms with E-state index in [1.54, 1.807) is 0 Å². The first-order valence-corrected chi connectivity index (χ1v) is 12.4. The number of nitrogens with one attached hydrogen (secondary N) is 2. The van der Waals surface area contributed by atoms with Gasteiger partial charge in [-0.2, -0.15) is 0 Å². The van der Waals surface area contributed by atoms with Crippen LogP contribution in [-0.2, 0) is 9.84 Å². The molecular formula is C21H33N3O5S. The standard InChI is InChI=1S/C21H33N3O5S/c1-21(2)12-16-13-22-14-19(21)24(15-16)17-4-6-18(7-5-17)29-9-3-10-30(27,28)11-8-23-20(25)26/h4-7,16,19,22-23H,3,8-15H2,1-2H3,(H,25,26)/t16-,19-/m1/s1. The van der Waals surface area contributed by atoms with Gasteiger partial charge >= 0.3 is 6.09 Å². The monoisotopic (exact) mass is 439 g/mol. The number of ether oxygens (including phenoxy) is 1. The summed E-state index contributed by atoms with van der Waals surface area (Å²) < 4.78 is 29.5. The van der Waals surface area contributed by atoms with E-state index in [-0.39, 0.29) is 23.5 Å². The number of fused-ring (bicyclic) bond motifs is 4. The number of sulfone groups is 1. The third-order valence-electron chi connectivity index (χ3n) is 6.04. The average Bonchev–Trinajstić information content (AvgIpc) is 2.95. The topological polar surface area (TPSA) is 108 Å². The van der Waals surface area contributed by atoms with E-state index in [2.05, 4.69) is 41.5 Å². The summed E-state index contributed by atoms with van der Waals surface area (Å²) in [6.07, 6.45) is 0.398. The smallest absolute Gasteiger partial charge is 0.404 e. The van der Waals surface area contributed by atoms with Crippen molar-refractivity contribution in [3.8, 4) is 5.75 Å². The molecule has 0 spiro atoms. The minimum Gasteiger partial charge on any atom is -0.494 e. The Morgan fingerprint density at radius 1 is 1.27 bits per heavy atom. The van der Waals surface area contributed by atoms with Crippen molar-refractivity contribution < 1.29 is 23.1 Å². The predicted molar refractivity (Wildman–Crippen MR) is 117 cm³/mol. The van der Waals surface area contributed by atoms with E-state index in [0.717, 1.165) is 25.4 Å². The van der Waals surface area contributed by atoms with Crippen molar-refractivity contribution in [1.82, 2.24) is 10.6 Å². The normalized spacial score (nSPS) is 23.1. The molecular weight excluding hydrogens is 406 g/mol. The lowest BCUT2D eigenvalue weighted by atomic mass is 9.73. The van der Waals surface area contributed by atoms with Crippen molar-refractivity contribution in [2.24, 2.45) is 11.3 Å². The van der Waals surface area contributed by atoms with Crippen molar-refractivity contribution in [2.75, 3.05) is 49.2 Å². The highest BCUT2D eigenvalue weighted by atomic mass is 32.2. The number of anilines is 1. The number of rotatable bonds is 9. The van der Waals surface area contributed by atoms with Crippen molar-refractivity contribution >= 4 is 21.6 Å². The molecule has 4 rings (SSSR count). The molecule has 2 atom stereocenters. The Morgan fingerprint density at radius 2 is 2.00 bits per heavy atom. The molecule has 3 aliphatic heterocycles. The van der Waals surface area contributed by atoms with E-state index in [1.165, 1.54) is 12.1 Å². The quantitative estimate of drug-likeness (QED) is 0.505. The van der Waals surface area contributed by atoms with Crippen LogP contribution in [0.5, 0.6) is 5.75 Å². The van der Waals surface area contributed by atoms with Crippen LogP contribution >= 0.6 is 0 Å². The summed E-state index contributed by atoms with van der Waals surface area (Å²) in [5, 5.41) is 14.2. The highest BCUT2D eigenvalue weighted by Gasteiger charge is 2.43. The Hall–Kier alpha value is -2.00. The fraction of sp³-hybridized carbons (Fsp3) is 0.667. The Morgan fingerprint density at radius 3 is 2.70 bits per heavy atom. The average molecular weight is 440 g/mol. The second-order valence-corrected chi connectivity index (χ2v) is 11.3. The maximum absolute atomic E-state index is 11.9. The molecule has 1 aromatic carbocycles. The van der Waals surface area contributed by atoms with Gasteiger partial charge < -0.3 is 25.4 Å². The van der Waals surface area contributed by atoms with Crippen molar-refractivity contribution in [3.05, 3.63) is 24.3 Å². The Bertz CT molecular complexity index is 826. The number of piperidine rings is 1. The molecule has 0 saturated carbocycles. The summed E-state index contributed by atoms with van der Waals surface area (Å²) >= 11 is 0. The molecule has 8 nitrogen and oxygen atoms in total. The first-order chi connectivity index (χ1) is 14.2. The Labute approximate surface area is 178 Å². The fourth-order valence-corrected chi connectivity index (χ4v) is 5.80. The van der Waals surface area contributed by atoms with Crippen LogP contribution in [0, 0.1) is 11.3 Å². The zero-order valence-electron chi connectivity index (χ0n) is 17.8. The van der Waals surface area contributed by atoms with E-state index in [9.17, 15) is 13.2 Å². The number of amides is 1. The Balaban J connectivity index is 1.48. The van der Waals surface area contributed by atoms with Crippen molar-refractivity contribution in [1.29, 1.82) is 0 Å². The van der Waals surface area contributed by atoms with Crippen LogP contribution in [0.4, 0.5) is 10.5 Å². The molecule has 0 aliphatic carbocycles. The van der Waals surface area contributed by atoms with Gasteiger partial charge in [-0.05, 0) is 55.0 Å². The highest BCUT2D eigenvalue weighted by molar-refractivity contribution is 7.91. The number of hydrogen-bond donors (Lipinski definition) is 3. The van der Waals surface area contributed by atoms with Gasteiger partial charge in [0.05, 0.1) is 18.1 Å². The molecule has 1 aromatic rings. The minimum absolute atomic E-state index is 0.0225. The number of carboxylic acid groups (broad SMARTS) is 1. The second-order valence-electron chi connectivity index (χ2n) is 8.96. The first kappa shape index (κ1) is 22.7. The van der Waals surface area contributed by atoms with E-state index in [0.29, 0.717) is 25.0 Å². The highest BCUT2D eigenvalue weighted by Crippen LogP contribution is 2.41. The second kappa shape index (κ2) is 9.43. The molecule has 2 bridgehead atoms. The molecule has 0 radical (unpaired) electrons. The van der Waals surface area contributed by atoms with E-state index < -0.39 is 15.9 Å². The van der Waals surface area contributed by atoms with Gasteiger partial charge in [-0.1, -0.05) is 13.8 Å². The third kappa shape index (κ3) is 6.01. The van der Waals surface area contributed by atoms with Crippen LogP contribution in [0.25, 0.3) is 0 Å². The van der Waals surface area contributed by atoms with Gasteiger partial charge in [-0.25, -0.2) is 13.2 Å². The maximum Gasteiger partial charge on any atom is 0.404 e.